The molecule has 2 rings (SSSR count). The zero-order valence-corrected chi connectivity index (χ0v) is 18.7. The van der Waals surface area contributed by atoms with Crippen molar-refractivity contribution >= 4 is 27.3 Å². The number of carbonyl (C=O) groups excluding carboxylic acids is 1. The van der Waals surface area contributed by atoms with E-state index in [1.165, 1.54) is 4.31 Å². The molecule has 158 valence electrons. The summed E-state index contributed by atoms with van der Waals surface area (Å²) >= 11 is 0. The van der Waals surface area contributed by atoms with Crippen LogP contribution in [0, 0.1) is 13.8 Å². The topological polar surface area (TPSA) is 75.7 Å². The van der Waals surface area contributed by atoms with Crippen molar-refractivity contribution in [1.82, 2.24) is 0 Å². The number of ether oxygens (including phenoxy) is 1. The number of anilines is 2. The number of nitrogens with zero attached hydrogens (tertiary/aromatic N) is 1. The minimum atomic E-state index is -3.67. The second-order valence-electron chi connectivity index (χ2n) is 7.44. The van der Waals surface area contributed by atoms with E-state index in [1.54, 1.807) is 37.3 Å². The highest BCUT2D eigenvalue weighted by Crippen LogP contribution is 2.26. The number of benzene rings is 2. The summed E-state index contributed by atoms with van der Waals surface area (Å²) in [4.78, 5) is 13.0. The van der Waals surface area contributed by atoms with Gasteiger partial charge in [0.05, 0.1) is 18.0 Å². The van der Waals surface area contributed by atoms with Crippen LogP contribution in [0.3, 0.4) is 0 Å². The molecule has 0 spiro atoms. The lowest BCUT2D eigenvalue weighted by molar-refractivity contribution is -0.117. The number of hydrogen-bond acceptors (Lipinski definition) is 4. The van der Waals surface area contributed by atoms with Crippen LogP contribution in [0.5, 0.6) is 5.75 Å². The number of hydrogen-bond donors (Lipinski definition) is 1. The molecule has 0 aliphatic heterocycles. The Balaban J connectivity index is 2.35. The van der Waals surface area contributed by atoms with E-state index in [0.717, 1.165) is 17.4 Å². The maximum atomic E-state index is 13.0. The molecule has 6 nitrogen and oxygen atoms in total. The first kappa shape index (κ1) is 22.7. The van der Waals surface area contributed by atoms with Gasteiger partial charge in [0.1, 0.15) is 11.8 Å². The smallest absolute Gasteiger partial charge is 0.248 e. The SMILES string of the molecule is CC[C@H](C(=O)Nc1cccc(OC(C)C)c1)N(c1ccc(C)c(C)c1)S(C)(=O)=O. The molecule has 0 fully saturated rings. The summed E-state index contributed by atoms with van der Waals surface area (Å²) in [6.07, 6.45) is 1.46. The summed E-state index contributed by atoms with van der Waals surface area (Å²) in [7, 11) is -3.67. The van der Waals surface area contributed by atoms with Crippen molar-refractivity contribution in [3.63, 3.8) is 0 Å². The van der Waals surface area contributed by atoms with Gasteiger partial charge in [-0.05, 0) is 69.5 Å². The molecule has 0 unspecified atom stereocenters. The third kappa shape index (κ3) is 5.97. The molecular formula is C22H30N2O4S. The molecule has 1 N–H and O–H groups in total. The Morgan fingerprint density at radius 1 is 1.10 bits per heavy atom. The molecule has 0 aliphatic rings. The van der Waals surface area contributed by atoms with Gasteiger partial charge in [0.2, 0.25) is 15.9 Å². The van der Waals surface area contributed by atoms with E-state index in [-0.39, 0.29) is 6.10 Å². The van der Waals surface area contributed by atoms with Crippen molar-refractivity contribution in [3.8, 4) is 5.75 Å². The van der Waals surface area contributed by atoms with Crippen molar-refractivity contribution in [2.24, 2.45) is 0 Å². The van der Waals surface area contributed by atoms with Gasteiger partial charge >= 0.3 is 0 Å². The van der Waals surface area contributed by atoms with Crippen LogP contribution in [0.25, 0.3) is 0 Å². The van der Waals surface area contributed by atoms with Crippen molar-refractivity contribution in [2.75, 3.05) is 15.9 Å². The predicted molar refractivity (Wildman–Crippen MR) is 118 cm³/mol. The monoisotopic (exact) mass is 418 g/mol. The van der Waals surface area contributed by atoms with Crippen LogP contribution in [0.15, 0.2) is 42.5 Å². The molecule has 0 aromatic heterocycles. The summed E-state index contributed by atoms with van der Waals surface area (Å²) in [6.45, 7) is 9.51. The molecule has 0 saturated carbocycles. The Morgan fingerprint density at radius 3 is 2.34 bits per heavy atom. The standard InChI is InChI=1S/C22H30N2O4S/c1-7-21(22(25)23-18-9-8-10-20(14-18)28-15(2)3)24(29(6,26)27)19-12-11-16(4)17(5)13-19/h8-15,21H,7H2,1-6H3,(H,23,25)/t21-/m1/s1. The quantitative estimate of drug-likeness (QED) is 0.694. The van der Waals surface area contributed by atoms with Gasteiger partial charge in [0.25, 0.3) is 0 Å². The Morgan fingerprint density at radius 2 is 1.79 bits per heavy atom. The highest BCUT2D eigenvalue weighted by molar-refractivity contribution is 7.92. The van der Waals surface area contributed by atoms with Crippen LogP contribution in [0.1, 0.15) is 38.3 Å². The molecule has 2 aromatic rings. The van der Waals surface area contributed by atoms with E-state index in [2.05, 4.69) is 5.32 Å². The first-order chi connectivity index (χ1) is 13.5. The van der Waals surface area contributed by atoms with E-state index in [1.807, 2.05) is 39.8 Å². The predicted octanol–water partition coefficient (Wildman–Crippen LogP) is 4.27. The number of nitrogens with one attached hydrogen (secondary N) is 1. The highest BCUT2D eigenvalue weighted by Gasteiger charge is 2.31. The van der Waals surface area contributed by atoms with Gasteiger partial charge in [0, 0.05) is 11.8 Å². The van der Waals surface area contributed by atoms with E-state index in [0.29, 0.717) is 23.5 Å². The Labute approximate surface area is 173 Å². The van der Waals surface area contributed by atoms with E-state index in [4.69, 9.17) is 4.74 Å². The maximum Gasteiger partial charge on any atom is 0.248 e. The average molecular weight is 419 g/mol. The van der Waals surface area contributed by atoms with Crippen LogP contribution in [-0.2, 0) is 14.8 Å². The number of rotatable bonds is 8. The number of amides is 1. The summed E-state index contributed by atoms with van der Waals surface area (Å²) in [5.74, 6) is 0.248. The zero-order valence-electron chi connectivity index (χ0n) is 17.9. The van der Waals surface area contributed by atoms with Crippen molar-refractivity contribution in [1.29, 1.82) is 0 Å². The van der Waals surface area contributed by atoms with Gasteiger partial charge in [-0.3, -0.25) is 9.10 Å². The second-order valence-corrected chi connectivity index (χ2v) is 9.29. The normalized spacial score (nSPS) is 12.5. The Kier molecular flexibility index (Phi) is 7.30. The second kappa shape index (κ2) is 9.31. The first-order valence-corrected chi connectivity index (χ1v) is 11.5. The molecule has 0 radical (unpaired) electrons. The van der Waals surface area contributed by atoms with Crippen LogP contribution in [-0.4, -0.2) is 32.7 Å². The van der Waals surface area contributed by atoms with Crippen molar-refractivity contribution in [2.45, 2.75) is 53.2 Å². The number of sulfonamides is 1. The summed E-state index contributed by atoms with van der Waals surface area (Å²) < 4.78 is 32.0. The van der Waals surface area contributed by atoms with E-state index < -0.39 is 22.0 Å². The molecule has 7 heteroatoms. The minimum absolute atomic E-state index is 0.00912. The van der Waals surface area contributed by atoms with Gasteiger partial charge < -0.3 is 10.1 Å². The van der Waals surface area contributed by atoms with Crippen LogP contribution >= 0.6 is 0 Å². The fourth-order valence-corrected chi connectivity index (χ4v) is 4.27. The Bertz CT molecular complexity index is 971. The van der Waals surface area contributed by atoms with Gasteiger partial charge in [-0.2, -0.15) is 0 Å². The molecule has 0 saturated heterocycles. The lowest BCUT2D eigenvalue weighted by atomic mass is 10.1. The van der Waals surface area contributed by atoms with Gasteiger partial charge in [-0.25, -0.2) is 8.42 Å². The van der Waals surface area contributed by atoms with Crippen LogP contribution < -0.4 is 14.4 Å². The summed E-state index contributed by atoms with van der Waals surface area (Å²) in [6, 6.07) is 11.6. The number of carbonyl (C=O) groups is 1. The average Bonchev–Trinajstić information content (AvgIpc) is 2.60. The third-order valence-electron chi connectivity index (χ3n) is 4.55. The van der Waals surface area contributed by atoms with E-state index >= 15 is 0 Å². The summed E-state index contributed by atoms with van der Waals surface area (Å²) in [5.41, 5.74) is 3.06. The fraction of sp³-hybridized carbons (Fsp3) is 0.409. The first-order valence-electron chi connectivity index (χ1n) is 9.67. The van der Waals surface area contributed by atoms with Crippen LogP contribution in [0.4, 0.5) is 11.4 Å². The molecule has 2 aromatic carbocycles. The third-order valence-corrected chi connectivity index (χ3v) is 5.73. The molecule has 0 heterocycles. The lowest BCUT2D eigenvalue weighted by Crippen LogP contribution is -2.47. The summed E-state index contributed by atoms with van der Waals surface area (Å²) in [5, 5.41) is 2.83. The van der Waals surface area contributed by atoms with Crippen molar-refractivity contribution in [3.05, 3.63) is 53.6 Å². The molecular weight excluding hydrogens is 388 g/mol. The molecule has 0 aliphatic carbocycles. The fourth-order valence-electron chi connectivity index (χ4n) is 3.07. The minimum Gasteiger partial charge on any atom is -0.491 e. The maximum absolute atomic E-state index is 13.0. The number of aryl methyl sites for hydroxylation is 2. The van der Waals surface area contributed by atoms with E-state index in [9.17, 15) is 13.2 Å². The van der Waals surface area contributed by atoms with Gasteiger partial charge in [0.15, 0.2) is 0 Å². The van der Waals surface area contributed by atoms with Gasteiger partial charge in [-0.1, -0.05) is 19.1 Å². The zero-order chi connectivity index (χ0) is 21.8. The lowest BCUT2D eigenvalue weighted by Gasteiger charge is -2.30. The molecule has 0 bridgehead atoms. The van der Waals surface area contributed by atoms with Gasteiger partial charge in [-0.15, -0.1) is 0 Å². The Hall–Kier alpha value is -2.54. The molecule has 29 heavy (non-hydrogen) atoms. The molecule has 1 amide bonds. The van der Waals surface area contributed by atoms with Crippen LogP contribution in [0.2, 0.25) is 0 Å². The molecule has 1 atom stereocenters. The highest BCUT2D eigenvalue weighted by atomic mass is 32.2. The van der Waals surface area contributed by atoms with Crippen molar-refractivity contribution < 1.29 is 17.9 Å². The largest absolute Gasteiger partial charge is 0.491 e.